The van der Waals surface area contributed by atoms with Gasteiger partial charge >= 0.3 is 5.97 Å². The van der Waals surface area contributed by atoms with Crippen LogP contribution in [0.4, 0.5) is 0 Å². The van der Waals surface area contributed by atoms with Crippen molar-refractivity contribution in [1.29, 1.82) is 0 Å². The monoisotopic (exact) mass is 399 g/mol. The molecule has 0 saturated carbocycles. The summed E-state index contributed by atoms with van der Waals surface area (Å²) in [5.74, 6) is -0.808. The van der Waals surface area contributed by atoms with Gasteiger partial charge in [-0.3, -0.25) is 14.4 Å². The molecule has 148 valence electrons. The minimum atomic E-state index is -0.819. The molecule has 1 atom stereocenters. The lowest BCUT2D eigenvalue weighted by atomic mass is 9.96. The summed E-state index contributed by atoms with van der Waals surface area (Å²) in [6.45, 7) is 6.60. The molecule has 6 heteroatoms. The third kappa shape index (κ3) is 4.50. The number of ketones is 1. The zero-order valence-corrected chi connectivity index (χ0v) is 17.3. The molecule has 0 aliphatic carbocycles. The van der Waals surface area contributed by atoms with Crippen molar-refractivity contribution < 1.29 is 19.1 Å². The Morgan fingerprint density at radius 2 is 1.82 bits per heavy atom. The number of amides is 1. The predicted molar refractivity (Wildman–Crippen MR) is 109 cm³/mol. The normalized spacial score (nSPS) is 15.9. The average Bonchev–Trinajstić information content (AvgIpc) is 3.23. The van der Waals surface area contributed by atoms with Crippen LogP contribution in [0.2, 0.25) is 0 Å². The van der Waals surface area contributed by atoms with E-state index < -0.39 is 6.10 Å². The van der Waals surface area contributed by atoms with Crippen LogP contribution in [-0.4, -0.2) is 41.8 Å². The van der Waals surface area contributed by atoms with E-state index in [0.29, 0.717) is 36.4 Å². The molecule has 5 nitrogen and oxygen atoms in total. The van der Waals surface area contributed by atoms with Gasteiger partial charge in [0.2, 0.25) is 5.78 Å². The summed E-state index contributed by atoms with van der Waals surface area (Å²) in [5.41, 5.74) is 2.71. The highest BCUT2D eigenvalue weighted by molar-refractivity contribution is 7.12. The fourth-order valence-electron chi connectivity index (χ4n) is 3.33. The summed E-state index contributed by atoms with van der Waals surface area (Å²) in [6.07, 6.45) is 0.293. The molecule has 0 radical (unpaired) electrons. The molecule has 1 aromatic carbocycles. The second-order valence-electron chi connectivity index (χ2n) is 7.29. The Morgan fingerprint density at radius 1 is 1.11 bits per heavy atom. The largest absolute Gasteiger partial charge is 0.454 e. The third-order valence-electron chi connectivity index (χ3n) is 5.30. The summed E-state index contributed by atoms with van der Waals surface area (Å²) in [4.78, 5) is 39.9. The van der Waals surface area contributed by atoms with Gasteiger partial charge in [0.15, 0.2) is 6.10 Å². The third-order valence-corrected chi connectivity index (χ3v) is 6.16. The molecule has 1 fully saturated rings. The Bertz CT molecular complexity index is 867. The molecule has 1 aliphatic rings. The van der Waals surface area contributed by atoms with E-state index >= 15 is 0 Å². The molecule has 1 amide bonds. The topological polar surface area (TPSA) is 63.7 Å². The molecule has 1 aliphatic heterocycles. The number of carbonyl (C=O) groups excluding carboxylic acids is 3. The first-order valence-corrected chi connectivity index (χ1v) is 10.4. The van der Waals surface area contributed by atoms with Gasteiger partial charge in [-0.15, -0.1) is 11.3 Å². The minimum absolute atomic E-state index is 0.0140. The lowest BCUT2D eigenvalue weighted by Gasteiger charge is -2.31. The predicted octanol–water partition coefficient (Wildman–Crippen LogP) is 4.03. The SMILES string of the molecule is Cc1ccc(C(=O)[C@H](C)OC(=O)C2CCN(C(=O)c3cccs3)CC2)cc1C. The summed E-state index contributed by atoms with van der Waals surface area (Å²) in [6, 6.07) is 9.17. The fraction of sp³-hybridized carbons (Fsp3) is 0.409. The number of carbonyl (C=O) groups is 3. The van der Waals surface area contributed by atoms with E-state index in [9.17, 15) is 14.4 Å². The summed E-state index contributed by atoms with van der Waals surface area (Å²) in [7, 11) is 0. The summed E-state index contributed by atoms with van der Waals surface area (Å²) < 4.78 is 5.45. The number of esters is 1. The van der Waals surface area contributed by atoms with Gasteiger partial charge in [-0.1, -0.05) is 18.2 Å². The molecule has 1 aromatic heterocycles. The van der Waals surface area contributed by atoms with Gasteiger partial charge in [-0.25, -0.2) is 0 Å². The zero-order chi connectivity index (χ0) is 20.3. The molecule has 28 heavy (non-hydrogen) atoms. The van der Waals surface area contributed by atoms with Gasteiger partial charge < -0.3 is 9.64 Å². The molecular weight excluding hydrogens is 374 g/mol. The Morgan fingerprint density at radius 3 is 2.43 bits per heavy atom. The van der Waals surface area contributed by atoms with Crippen molar-refractivity contribution in [2.45, 2.75) is 39.7 Å². The highest BCUT2D eigenvalue weighted by atomic mass is 32.1. The smallest absolute Gasteiger partial charge is 0.309 e. The van der Waals surface area contributed by atoms with Crippen molar-refractivity contribution >= 4 is 29.0 Å². The van der Waals surface area contributed by atoms with Gasteiger partial charge in [-0.2, -0.15) is 0 Å². The van der Waals surface area contributed by atoms with Gasteiger partial charge in [0.1, 0.15) is 0 Å². The molecule has 2 heterocycles. The summed E-state index contributed by atoms with van der Waals surface area (Å²) >= 11 is 1.42. The van der Waals surface area contributed by atoms with Crippen molar-refractivity contribution in [3.05, 3.63) is 57.3 Å². The van der Waals surface area contributed by atoms with E-state index in [1.165, 1.54) is 11.3 Å². The second-order valence-corrected chi connectivity index (χ2v) is 8.23. The van der Waals surface area contributed by atoms with Crippen LogP contribution in [0.25, 0.3) is 0 Å². The Kier molecular flexibility index (Phi) is 6.29. The molecule has 1 saturated heterocycles. The van der Waals surface area contributed by atoms with E-state index in [2.05, 4.69) is 0 Å². The first kappa shape index (κ1) is 20.3. The van der Waals surface area contributed by atoms with Crippen LogP contribution >= 0.6 is 11.3 Å². The minimum Gasteiger partial charge on any atom is -0.454 e. The van der Waals surface area contributed by atoms with E-state index in [-0.39, 0.29) is 23.6 Å². The van der Waals surface area contributed by atoms with Gasteiger partial charge in [-0.05, 0) is 62.3 Å². The molecule has 2 aromatic rings. The van der Waals surface area contributed by atoms with Crippen LogP contribution in [0.3, 0.4) is 0 Å². The number of nitrogens with zero attached hydrogens (tertiary/aromatic N) is 1. The van der Waals surface area contributed by atoms with Gasteiger partial charge in [0.05, 0.1) is 10.8 Å². The molecule has 0 bridgehead atoms. The van der Waals surface area contributed by atoms with E-state index in [1.807, 2.05) is 43.5 Å². The quantitative estimate of drug-likeness (QED) is 0.562. The maximum Gasteiger partial charge on any atom is 0.309 e. The number of ether oxygens (including phenoxy) is 1. The van der Waals surface area contributed by atoms with Crippen molar-refractivity contribution in [3.63, 3.8) is 0 Å². The first-order valence-electron chi connectivity index (χ1n) is 9.51. The maximum atomic E-state index is 12.6. The Labute approximate surface area is 169 Å². The lowest BCUT2D eigenvalue weighted by molar-refractivity contribution is -0.152. The number of hydrogen-bond donors (Lipinski definition) is 0. The standard InChI is InChI=1S/C22H25NO4S/c1-14-6-7-18(13-15(14)2)20(24)16(3)27-22(26)17-8-10-23(11-9-17)21(25)19-5-4-12-28-19/h4-7,12-13,16-17H,8-11H2,1-3H3/t16-/m0/s1. The van der Waals surface area contributed by atoms with E-state index in [1.54, 1.807) is 17.9 Å². The number of aryl methyl sites for hydroxylation is 2. The van der Waals surface area contributed by atoms with Gasteiger partial charge in [0, 0.05) is 18.7 Å². The molecule has 0 spiro atoms. The Balaban J connectivity index is 1.53. The molecule has 3 rings (SSSR count). The van der Waals surface area contributed by atoms with E-state index in [4.69, 9.17) is 4.74 Å². The fourth-order valence-corrected chi connectivity index (χ4v) is 4.02. The number of hydrogen-bond acceptors (Lipinski definition) is 5. The number of piperidine rings is 1. The second kappa shape index (κ2) is 8.69. The van der Waals surface area contributed by atoms with Crippen LogP contribution in [0, 0.1) is 19.8 Å². The average molecular weight is 400 g/mol. The number of rotatable bonds is 5. The lowest BCUT2D eigenvalue weighted by Crippen LogP contribution is -2.41. The first-order chi connectivity index (χ1) is 13.4. The maximum absolute atomic E-state index is 12.6. The molecule has 0 N–H and O–H groups in total. The highest BCUT2D eigenvalue weighted by Crippen LogP contribution is 2.23. The van der Waals surface area contributed by atoms with Crippen molar-refractivity contribution in [2.75, 3.05) is 13.1 Å². The molecular formula is C22H25NO4S. The van der Waals surface area contributed by atoms with E-state index in [0.717, 1.165) is 11.1 Å². The Hall–Kier alpha value is -2.47. The van der Waals surface area contributed by atoms with Crippen LogP contribution < -0.4 is 0 Å². The number of Topliss-reactive ketones (excluding diaryl/α,β-unsaturated/α-hetero) is 1. The van der Waals surface area contributed by atoms with Crippen LogP contribution in [0.15, 0.2) is 35.7 Å². The van der Waals surface area contributed by atoms with Crippen molar-refractivity contribution in [3.8, 4) is 0 Å². The highest BCUT2D eigenvalue weighted by Gasteiger charge is 2.31. The molecule has 0 unspecified atom stereocenters. The van der Waals surface area contributed by atoms with Crippen LogP contribution in [0.1, 0.15) is 50.9 Å². The van der Waals surface area contributed by atoms with Gasteiger partial charge in [0.25, 0.3) is 5.91 Å². The summed E-state index contributed by atoms with van der Waals surface area (Å²) in [5, 5.41) is 1.88. The van der Waals surface area contributed by atoms with Crippen molar-refractivity contribution in [2.24, 2.45) is 5.92 Å². The van der Waals surface area contributed by atoms with Crippen LogP contribution in [0.5, 0.6) is 0 Å². The van der Waals surface area contributed by atoms with Crippen LogP contribution in [-0.2, 0) is 9.53 Å². The number of likely N-dealkylation sites (tertiary alicyclic amines) is 1. The van der Waals surface area contributed by atoms with Crippen molar-refractivity contribution in [1.82, 2.24) is 4.90 Å². The number of benzene rings is 1. The zero-order valence-electron chi connectivity index (χ0n) is 16.4. The number of thiophene rings is 1.